The molecular weight excluding hydrogens is 279 g/mol. The fourth-order valence-electron chi connectivity index (χ4n) is 3.42. The average molecular weight is 298 g/mol. The van der Waals surface area contributed by atoms with Gasteiger partial charge in [-0.2, -0.15) is 0 Å². The number of rotatable bonds is 3. The highest BCUT2D eigenvalue weighted by Gasteiger charge is 2.34. The molecule has 0 amide bonds. The van der Waals surface area contributed by atoms with Gasteiger partial charge in [0.05, 0.1) is 0 Å². The van der Waals surface area contributed by atoms with Crippen molar-refractivity contribution in [3.05, 3.63) is 52.4 Å². The van der Waals surface area contributed by atoms with Gasteiger partial charge in [0.25, 0.3) is 0 Å². The Morgan fingerprint density at radius 1 is 1.15 bits per heavy atom. The molecule has 0 saturated heterocycles. The zero-order chi connectivity index (χ0) is 14.3. The summed E-state index contributed by atoms with van der Waals surface area (Å²) in [4.78, 5) is 0. The molecule has 1 aromatic carbocycles. The summed E-state index contributed by atoms with van der Waals surface area (Å²) < 4.78 is 0.338. The van der Waals surface area contributed by atoms with E-state index in [1.165, 1.54) is 21.6 Å². The summed E-state index contributed by atoms with van der Waals surface area (Å²) in [7, 11) is -1.80. The lowest BCUT2D eigenvalue weighted by Gasteiger charge is -2.33. The largest absolute Gasteiger partial charge is 0.488 e. The minimum absolute atomic E-state index is 0.208. The van der Waals surface area contributed by atoms with E-state index in [-0.39, 0.29) is 19.0 Å². The van der Waals surface area contributed by atoms with Gasteiger partial charge in [0.1, 0.15) is 0 Å². The first-order chi connectivity index (χ1) is 9.61. The summed E-state index contributed by atoms with van der Waals surface area (Å²) in [5.74, 6) is 0. The highest BCUT2D eigenvalue weighted by atomic mass is 28.3. The molecule has 5 heteroatoms. The van der Waals surface area contributed by atoms with Gasteiger partial charge >= 0.3 is 7.12 Å². The molecule has 0 bridgehead atoms. The monoisotopic (exact) mass is 298 g/mol. The van der Waals surface area contributed by atoms with Crippen molar-refractivity contribution in [3.8, 4) is 0 Å². The fourth-order valence-corrected chi connectivity index (χ4v) is 7.66. The van der Waals surface area contributed by atoms with Crippen LogP contribution in [0.15, 0.2) is 42.0 Å². The van der Waals surface area contributed by atoms with Gasteiger partial charge in [-0.15, -0.1) is 0 Å². The summed E-state index contributed by atoms with van der Waals surface area (Å²) >= 11 is 0. The molecule has 2 N–H and O–H groups in total. The number of allylic oxidation sites excluding steroid dienone is 4. The Balaban J connectivity index is 2.34. The zero-order valence-electron chi connectivity index (χ0n) is 11.9. The van der Waals surface area contributed by atoms with E-state index in [2.05, 4.69) is 37.4 Å². The van der Waals surface area contributed by atoms with E-state index in [9.17, 15) is 10.0 Å². The van der Waals surface area contributed by atoms with Gasteiger partial charge in [0.15, 0.2) is 0 Å². The standard InChI is InChI=1S/C15H19BO2Si2/c1-19-15(20-2)7-3-4-11-8-10-5-6-12(16(17)18)9-13(10)14(11)15/h3-9,17-18H,19-20H2,1-2H3. The highest BCUT2D eigenvalue weighted by Crippen LogP contribution is 2.43. The Kier molecular flexibility index (Phi) is 3.46. The Morgan fingerprint density at radius 2 is 1.90 bits per heavy atom. The number of hydrogen-bond acceptors (Lipinski definition) is 2. The average Bonchev–Trinajstić information content (AvgIpc) is 2.85. The second-order valence-corrected chi connectivity index (χ2v) is 10.5. The summed E-state index contributed by atoms with van der Waals surface area (Å²) in [5, 5.41) is 21.3. The highest BCUT2D eigenvalue weighted by molar-refractivity contribution is 6.66. The minimum atomic E-state index is -1.39. The van der Waals surface area contributed by atoms with Gasteiger partial charge in [-0.3, -0.25) is 0 Å². The van der Waals surface area contributed by atoms with Crippen LogP contribution in [0, 0.1) is 0 Å². The van der Waals surface area contributed by atoms with Crippen LogP contribution in [-0.4, -0.2) is 36.2 Å². The van der Waals surface area contributed by atoms with E-state index >= 15 is 0 Å². The normalized spacial score (nSPS) is 24.2. The first kappa shape index (κ1) is 13.8. The van der Waals surface area contributed by atoms with Gasteiger partial charge in [0.2, 0.25) is 0 Å². The lowest BCUT2D eigenvalue weighted by atomic mass is 9.80. The van der Waals surface area contributed by atoms with Crippen molar-refractivity contribution < 1.29 is 10.0 Å². The molecule has 0 radical (unpaired) electrons. The van der Waals surface area contributed by atoms with Crippen LogP contribution in [0.4, 0.5) is 0 Å². The van der Waals surface area contributed by atoms with E-state index < -0.39 is 7.12 Å². The van der Waals surface area contributed by atoms with Gasteiger partial charge in [0, 0.05) is 19.0 Å². The Labute approximate surface area is 124 Å². The molecule has 2 aliphatic rings. The second kappa shape index (κ2) is 5.00. The molecule has 0 aliphatic heterocycles. The third-order valence-corrected chi connectivity index (χ3v) is 11.4. The zero-order valence-corrected chi connectivity index (χ0v) is 14.8. The predicted octanol–water partition coefficient (Wildman–Crippen LogP) is -1.64. The molecule has 3 rings (SSSR count). The Morgan fingerprint density at radius 3 is 2.55 bits per heavy atom. The smallest absolute Gasteiger partial charge is 0.423 e. The first-order valence-corrected chi connectivity index (χ1v) is 11.5. The van der Waals surface area contributed by atoms with Gasteiger partial charge in [-0.25, -0.2) is 0 Å². The lowest BCUT2D eigenvalue weighted by molar-refractivity contribution is 0.425. The molecule has 0 unspecified atom stereocenters. The molecular formula is C15H19BO2Si2. The SMILES string of the molecule is C[SiH2]C1([SiH2]C)C=CC=C2C=c3ccc(B(O)O)cc3=C21. The molecule has 0 saturated carbocycles. The second-order valence-electron chi connectivity index (χ2n) is 5.58. The van der Waals surface area contributed by atoms with Crippen LogP contribution in [0.5, 0.6) is 0 Å². The third kappa shape index (κ3) is 1.93. The number of benzene rings is 1. The van der Waals surface area contributed by atoms with Crippen LogP contribution >= 0.6 is 0 Å². The van der Waals surface area contributed by atoms with Crippen LogP contribution in [0.3, 0.4) is 0 Å². The lowest BCUT2D eigenvalue weighted by Crippen LogP contribution is -2.39. The van der Waals surface area contributed by atoms with Gasteiger partial charge in [-0.1, -0.05) is 49.5 Å². The molecule has 102 valence electrons. The van der Waals surface area contributed by atoms with Gasteiger partial charge < -0.3 is 10.0 Å². The molecule has 0 spiro atoms. The fraction of sp³-hybridized carbons (Fsp3) is 0.200. The van der Waals surface area contributed by atoms with E-state index in [0.29, 0.717) is 10.1 Å². The molecule has 0 aromatic heterocycles. The van der Waals surface area contributed by atoms with Crippen molar-refractivity contribution in [1.29, 1.82) is 0 Å². The number of fused-ring (bicyclic) bond motifs is 2. The van der Waals surface area contributed by atoms with E-state index in [1.54, 1.807) is 6.07 Å². The molecule has 0 atom stereocenters. The van der Waals surface area contributed by atoms with Crippen molar-refractivity contribution in [2.24, 2.45) is 0 Å². The van der Waals surface area contributed by atoms with Crippen LogP contribution in [-0.2, 0) is 0 Å². The molecule has 0 fully saturated rings. The summed E-state index contributed by atoms with van der Waals surface area (Å²) in [6.45, 7) is 4.78. The van der Waals surface area contributed by atoms with E-state index in [1.807, 2.05) is 12.1 Å². The maximum absolute atomic E-state index is 9.42. The quantitative estimate of drug-likeness (QED) is 0.657. The predicted molar refractivity (Wildman–Crippen MR) is 92.1 cm³/mol. The molecule has 1 aromatic rings. The number of hydrogen-bond donors (Lipinski definition) is 2. The third-order valence-electron chi connectivity index (χ3n) is 4.70. The van der Waals surface area contributed by atoms with Gasteiger partial charge in [-0.05, 0) is 37.8 Å². The molecule has 20 heavy (non-hydrogen) atoms. The van der Waals surface area contributed by atoms with Crippen molar-refractivity contribution in [2.75, 3.05) is 0 Å². The van der Waals surface area contributed by atoms with E-state index in [4.69, 9.17) is 0 Å². The van der Waals surface area contributed by atoms with Crippen molar-refractivity contribution in [3.63, 3.8) is 0 Å². The van der Waals surface area contributed by atoms with E-state index in [0.717, 1.165) is 0 Å². The maximum atomic E-state index is 9.42. The molecule has 2 nitrogen and oxygen atoms in total. The van der Waals surface area contributed by atoms with Crippen LogP contribution < -0.4 is 15.9 Å². The molecule has 0 heterocycles. The van der Waals surface area contributed by atoms with Crippen molar-refractivity contribution >= 4 is 43.3 Å². The summed E-state index contributed by atoms with van der Waals surface area (Å²) in [6.07, 6.45) is 9.06. The Hall–Kier alpha value is -1.14. The Bertz CT molecular complexity index is 731. The summed E-state index contributed by atoms with van der Waals surface area (Å²) in [6, 6.07) is 5.78. The topological polar surface area (TPSA) is 40.5 Å². The maximum Gasteiger partial charge on any atom is 0.488 e. The van der Waals surface area contributed by atoms with Crippen molar-refractivity contribution in [2.45, 2.75) is 17.8 Å². The summed E-state index contributed by atoms with van der Waals surface area (Å²) in [5.41, 5.74) is 3.38. The van der Waals surface area contributed by atoms with Crippen LogP contribution in [0.25, 0.3) is 11.6 Å². The van der Waals surface area contributed by atoms with Crippen molar-refractivity contribution in [1.82, 2.24) is 0 Å². The minimum Gasteiger partial charge on any atom is -0.423 e. The van der Waals surface area contributed by atoms with Crippen LogP contribution in [0.2, 0.25) is 17.8 Å². The molecule has 2 aliphatic carbocycles. The first-order valence-electron chi connectivity index (χ1n) is 7.24. The van der Waals surface area contributed by atoms with Crippen LogP contribution in [0.1, 0.15) is 0 Å².